The molecule has 0 atom stereocenters. The highest BCUT2D eigenvalue weighted by Gasteiger charge is 2.13. The maximum atomic E-state index is 12.8. The maximum Gasteiger partial charge on any atom is 0.256 e. The number of nitrogens with one attached hydrogen (secondary N) is 1. The van der Waals surface area contributed by atoms with Crippen LogP contribution in [-0.4, -0.2) is 10.9 Å². The first-order chi connectivity index (χ1) is 11.8. The van der Waals surface area contributed by atoms with Gasteiger partial charge in [0.25, 0.3) is 5.91 Å². The number of hydrogen-bond donors (Lipinski definition) is 1. The van der Waals surface area contributed by atoms with Crippen molar-refractivity contribution in [1.29, 1.82) is 0 Å². The summed E-state index contributed by atoms with van der Waals surface area (Å²) >= 11 is 1.65. The topological polar surface area (TPSA) is 42.0 Å². The third kappa shape index (κ3) is 2.68. The van der Waals surface area contributed by atoms with Gasteiger partial charge in [-0.1, -0.05) is 42.5 Å². The molecule has 4 aromatic rings. The minimum Gasteiger partial charge on any atom is -0.321 e. The van der Waals surface area contributed by atoms with Crippen LogP contribution in [0.5, 0.6) is 0 Å². The van der Waals surface area contributed by atoms with Crippen molar-refractivity contribution >= 4 is 33.8 Å². The Morgan fingerprint density at radius 1 is 0.917 bits per heavy atom. The van der Waals surface area contributed by atoms with Crippen molar-refractivity contribution < 1.29 is 4.79 Å². The predicted octanol–water partition coefficient (Wildman–Crippen LogP) is 5.22. The van der Waals surface area contributed by atoms with Crippen LogP contribution in [-0.2, 0) is 0 Å². The largest absolute Gasteiger partial charge is 0.321 e. The molecule has 2 aromatic heterocycles. The van der Waals surface area contributed by atoms with E-state index in [4.69, 9.17) is 0 Å². The van der Waals surface area contributed by atoms with Gasteiger partial charge in [-0.25, -0.2) is 0 Å². The SMILES string of the molecule is O=C(Nc1ccccc1-c1cccs1)c1ccnc2ccccc12. The van der Waals surface area contributed by atoms with Crippen molar-refractivity contribution in [3.8, 4) is 10.4 Å². The fraction of sp³-hybridized carbons (Fsp3) is 0. The van der Waals surface area contributed by atoms with Crippen molar-refractivity contribution in [1.82, 2.24) is 4.98 Å². The average Bonchev–Trinajstić information content (AvgIpc) is 3.16. The molecule has 2 heterocycles. The van der Waals surface area contributed by atoms with Crippen LogP contribution >= 0.6 is 11.3 Å². The van der Waals surface area contributed by atoms with Crippen molar-refractivity contribution in [3.05, 3.63) is 83.9 Å². The minimum atomic E-state index is -0.127. The number of para-hydroxylation sites is 2. The van der Waals surface area contributed by atoms with Gasteiger partial charge in [-0.3, -0.25) is 9.78 Å². The van der Waals surface area contributed by atoms with E-state index in [9.17, 15) is 4.79 Å². The third-order valence-electron chi connectivity index (χ3n) is 3.86. The molecule has 0 unspecified atom stereocenters. The summed E-state index contributed by atoms with van der Waals surface area (Å²) < 4.78 is 0. The summed E-state index contributed by atoms with van der Waals surface area (Å²) in [5.41, 5.74) is 3.28. The molecule has 0 radical (unpaired) electrons. The second-order valence-corrected chi connectivity index (χ2v) is 6.30. The molecule has 4 heteroatoms. The Balaban J connectivity index is 1.73. The first kappa shape index (κ1) is 14.6. The summed E-state index contributed by atoms with van der Waals surface area (Å²) in [6.07, 6.45) is 1.67. The highest BCUT2D eigenvalue weighted by Crippen LogP contribution is 2.31. The molecule has 3 nitrogen and oxygen atoms in total. The highest BCUT2D eigenvalue weighted by molar-refractivity contribution is 7.13. The zero-order valence-electron chi connectivity index (χ0n) is 12.8. The Kier molecular flexibility index (Phi) is 3.81. The standard InChI is InChI=1S/C20H14N2OS/c23-20(15-11-12-21-17-8-3-1-6-14(15)17)22-18-9-4-2-7-16(18)19-10-5-13-24-19/h1-13H,(H,22,23). The van der Waals surface area contributed by atoms with Gasteiger partial charge in [0, 0.05) is 27.7 Å². The number of nitrogens with zero attached hydrogens (tertiary/aromatic N) is 1. The van der Waals surface area contributed by atoms with Crippen LogP contribution in [0.2, 0.25) is 0 Å². The Morgan fingerprint density at radius 3 is 2.62 bits per heavy atom. The Labute approximate surface area is 143 Å². The van der Waals surface area contributed by atoms with Crippen LogP contribution in [0.25, 0.3) is 21.3 Å². The number of amides is 1. The van der Waals surface area contributed by atoms with E-state index >= 15 is 0 Å². The van der Waals surface area contributed by atoms with Crippen molar-refractivity contribution in [3.63, 3.8) is 0 Å². The number of benzene rings is 2. The van der Waals surface area contributed by atoms with E-state index in [-0.39, 0.29) is 5.91 Å². The van der Waals surface area contributed by atoms with E-state index in [1.54, 1.807) is 23.6 Å². The molecule has 0 aliphatic carbocycles. The van der Waals surface area contributed by atoms with Gasteiger partial charge in [-0.15, -0.1) is 11.3 Å². The van der Waals surface area contributed by atoms with Gasteiger partial charge in [-0.2, -0.15) is 0 Å². The van der Waals surface area contributed by atoms with E-state index in [0.717, 1.165) is 27.0 Å². The van der Waals surface area contributed by atoms with Crippen LogP contribution < -0.4 is 5.32 Å². The zero-order valence-corrected chi connectivity index (χ0v) is 13.6. The molecular formula is C20H14N2OS. The van der Waals surface area contributed by atoms with Crippen molar-refractivity contribution in [2.75, 3.05) is 5.32 Å². The molecule has 0 bridgehead atoms. The van der Waals surface area contributed by atoms with Crippen LogP contribution in [0.15, 0.2) is 78.3 Å². The van der Waals surface area contributed by atoms with Gasteiger partial charge in [0.15, 0.2) is 0 Å². The number of thiophene rings is 1. The Morgan fingerprint density at radius 2 is 1.75 bits per heavy atom. The smallest absolute Gasteiger partial charge is 0.256 e. The number of pyridine rings is 1. The second kappa shape index (κ2) is 6.26. The lowest BCUT2D eigenvalue weighted by atomic mass is 10.1. The lowest BCUT2D eigenvalue weighted by Gasteiger charge is -2.11. The van der Waals surface area contributed by atoms with E-state index in [2.05, 4.69) is 16.4 Å². The summed E-state index contributed by atoms with van der Waals surface area (Å²) in [6, 6.07) is 21.3. The first-order valence-corrected chi connectivity index (χ1v) is 8.49. The predicted molar refractivity (Wildman–Crippen MR) is 99.5 cm³/mol. The molecule has 1 N–H and O–H groups in total. The van der Waals surface area contributed by atoms with Crippen molar-refractivity contribution in [2.45, 2.75) is 0 Å². The highest BCUT2D eigenvalue weighted by atomic mass is 32.1. The Hall–Kier alpha value is -2.98. The molecule has 0 aliphatic heterocycles. The van der Waals surface area contributed by atoms with E-state index in [1.165, 1.54) is 0 Å². The molecule has 116 valence electrons. The van der Waals surface area contributed by atoms with E-state index < -0.39 is 0 Å². The van der Waals surface area contributed by atoms with Crippen LogP contribution in [0.4, 0.5) is 5.69 Å². The molecule has 2 aromatic carbocycles. The second-order valence-electron chi connectivity index (χ2n) is 5.35. The molecule has 0 saturated carbocycles. The lowest BCUT2D eigenvalue weighted by Crippen LogP contribution is -2.13. The molecular weight excluding hydrogens is 316 g/mol. The molecule has 0 fully saturated rings. The number of fused-ring (bicyclic) bond motifs is 1. The number of carbonyl (C=O) groups is 1. The summed E-state index contributed by atoms with van der Waals surface area (Å²) in [6.45, 7) is 0. The van der Waals surface area contributed by atoms with Gasteiger partial charge in [0.05, 0.1) is 11.1 Å². The van der Waals surface area contributed by atoms with Crippen LogP contribution in [0.3, 0.4) is 0 Å². The summed E-state index contributed by atoms with van der Waals surface area (Å²) in [5, 5.41) is 5.93. The van der Waals surface area contributed by atoms with Gasteiger partial charge >= 0.3 is 0 Å². The number of rotatable bonds is 3. The minimum absolute atomic E-state index is 0.127. The summed E-state index contributed by atoms with van der Waals surface area (Å²) in [5.74, 6) is -0.127. The third-order valence-corrected chi connectivity index (χ3v) is 4.76. The van der Waals surface area contributed by atoms with Gasteiger partial charge < -0.3 is 5.32 Å². The van der Waals surface area contributed by atoms with E-state index in [1.807, 2.05) is 60.0 Å². The van der Waals surface area contributed by atoms with Gasteiger partial charge in [0.1, 0.15) is 0 Å². The van der Waals surface area contributed by atoms with Gasteiger partial charge in [-0.05, 0) is 29.6 Å². The number of aromatic nitrogens is 1. The van der Waals surface area contributed by atoms with Crippen LogP contribution in [0, 0.1) is 0 Å². The quantitative estimate of drug-likeness (QED) is 0.560. The first-order valence-electron chi connectivity index (χ1n) is 7.61. The number of hydrogen-bond acceptors (Lipinski definition) is 3. The number of anilines is 1. The molecule has 24 heavy (non-hydrogen) atoms. The lowest BCUT2D eigenvalue weighted by molar-refractivity contribution is 0.102. The molecule has 0 aliphatic rings. The molecule has 4 rings (SSSR count). The molecule has 0 spiro atoms. The molecule has 0 saturated heterocycles. The van der Waals surface area contributed by atoms with Crippen LogP contribution in [0.1, 0.15) is 10.4 Å². The maximum absolute atomic E-state index is 12.8. The van der Waals surface area contributed by atoms with Gasteiger partial charge in [0.2, 0.25) is 0 Å². The van der Waals surface area contributed by atoms with E-state index in [0.29, 0.717) is 5.56 Å². The van der Waals surface area contributed by atoms with Crippen molar-refractivity contribution in [2.24, 2.45) is 0 Å². The fourth-order valence-corrected chi connectivity index (χ4v) is 3.49. The average molecular weight is 330 g/mol. The Bertz CT molecular complexity index is 1000. The monoisotopic (exact) mass is 330 g/mol. The molecule has 1 amide bonds. The normalized spacial score (nSPS) is 10.7. The fourth-order valence-electron chi connectivity index (χ4n) is 2.72. The zero-order chi connectivity index (χ0) is 16.4. The summed E-state index contributed by atoms with van der Waals surface area (Å²) in [7, 11) is 0. The number of carbonyl (C=O) groups excluding carboxylic acids is 1. The summed E-state index contributed by atoms with van der Waals surface area (Å²) in [4.78, 5) is 18.3.